The lowest BCUT2D eigenvalue weighted by Gasteiger charge is -2.12. The quantitative estimate of drug-likeness (QED) is 0.886. The molecule has 2 aromatic heterocycles. The molecule has 0 radical (unpaired) electrons. The van der Waals surface area contributed by atoms with Crippen LogP contribution >= 0.6 is 22.9 Å². The van der Waals surface area contributed by atoms with Crippen LogP contribution in [0.15, 0.2) is 22.8 Å². The summed E-state index contributed by atoms with van der Waals surface area (Å²) in [6, 6.07) is 4.99. The Labute approximate surface area is 122 Å². The highest BCUT2D eigenvalue weighted by Gasteiger charge is 2.10. The van der Waals surface area contributed by atoms with Crippen molar-refractivity contribution in [2.45, 2.75) is 33.0 Å². The molecule has 0 amide bonds. The van der Waals surface area contributed by atoms with Crippen LogP contribution in [0.4, 0.5) is 6.01 Å². The Morgan fingerprint density at radius 3 is 2.89 bits per heavy atom. The van der Waals surface area contributed by atoms with Crippen molar-refractivity contribution in [2.75, 3.05) is 11.9 Å². The van der Waals surface area contributed by atoms with Crippen LogP contribution in [0.5, 0.6) is 0 Å². The molecule has 0 spiro atoms. The lowest BCUT2D eigenvalue weighted by molar-refractivity contribution is 0.540. The van der Waals surface area contributed by atoms with Crippen LogP contribution in [0, 0.1) is 0 Å². The van der Waals surface area contributed by atoms with Crippen LogP contribution in [0.1, 0.15) is 24.4 Å². The normalized spacial score (nSPS) is 11.2. The average molecular weight is 300 g/mol. The summed E-state index contributed by atoms with van der Waals surface area (Å²) in [5, 5.41) is 3.31. The maximum Gasteiger partial charge on any atom is 0.297 e. The van der Waals surface area contributed by atoms with Gasteiger partial charge >= 0.3 is 0 Å². The molecule has 2 heterocycles. The van der Waals surface area contributed by atoms with Gasteiger partial charge < -0.3 is 14.6 Å². The standard InChI is InChI=1S/C13H18ClN3OS/c1-9(2)15-6-10-8-18-13(16-10)17(3)7-11-4-5-12(14)19-11/h4-5,8-9,15H,6-7H2,1-3H3. The van der Waals surface area contributed by atoms with E-state index >= 15 is 0 Å². The number of hydrogen-bond donors (Lipinski definition) is 1. The second-order valence-electron chi connectivity index (χ2n) is 4.72. The molecule has 0 bridgehead atoms. The van der Waals surface area contributed by atoms with Crippen molar-refractivity contribution in [1.82, 2.24) is 10.3 Å². The number of nitrogens with zero attached hydrogens (tertiary/aromatic N) is 2. The maximum atomic E-state index is 5.92. The Morgan fingerprint density at radius 1 is 1.47 bits per heavy atom. The molecule has 6 heteroatoms. The third-order valence-corrected chi connectivity index (χ3v) is 3.80. The minimum Gasteiger partial charge on any atom is -0.432 e. The molecule has 0 atom stereocenters. The Hall–Kier alpha value is -1.04. The van der Waals surface area contributed by atoms with E-state index in [0.717, 1.165) is 23.1 Å². The van der Waals surface area contributed by atoms with Crippen molar-refractivity contribution in [2.24, 2.45) is 0 Å². The number of anilines is 1. The number of halogens is 1. The molecule has 2 rings (SSSR count). The van der Waals surface area contributed by atoms with Gasteiger partial charge in [0.15, 0.2) is 0 Å². The molecule has 0 saturated heterocycles. The van der Waals surface area contributed by atoms with Gasteiger partial charge in [0.05, 0.1) is 16.6 Å². The van der Waals surface area contributed by atoms with Crippen molar-refractivity contribution in [3.05, 3.63) is 33.3 Å². The van der Waals surface area contributed by atoms with Gasteiger partial charge in [-0.25, -0.2) is 0 Å². The number of thiophene rings is 1. The van der Waals surface area contributed by atoms with Crippen molar-refractivity contribution >= 4 is 29.0 Å². The molecule has 0 aliphatic heterocycles. The zero-order valence-corrected chi connectivity index (χ0v) is 12.9. The first-order valence-corrected chi connectivity index (χ1v) is 7.37. The number of oxazole rings is 1. The van der Waals surface area contributed by atoms with Gasteiger partial charge in [0.25, 0.3) is 6.01 Å². The number of aromatic nitrogens is 1. The highest BCUT2D eigenvalue weighted by molar-refractivity contribution is 7.16. The molecule has 2 aromatic rings. The second-order valence-corrected chi connectivity index (χ2v) is 6.52. The first-order valence-electron chi connectivity index (χ1n) is 6.17. The van der Waals surface area contributed by atoms with Gasteiger partial charge in [0.1, 0.15) is 6.26 Å². The minimum atomic E-state index is 0.436. The van der Waals surface area contributed by atoms with Crippen LogP contribution in [0.25, 0.3) is 0 Å². The van der Waals surface area contributed by atoms with E-state index in [2.05, 4.69) is 24.1 Å². The fourth-order valence-electron chi connectivity index (χ4n) is 1.60. The predicted octanol–water partition coefficient (Wildman–Crippen LogP) is 3.52. The van der Waals surface area contributed by atoms with Gasteiger partial charge in [-0.1, -0.05) is 25.4 Å². The predicted molar refractivity (Wildman–Crippen MR) is 79.9 cm³/mol. The summed E-state index contributed by atoms with van der Waals surface area (Å²) in [5.74, 6) is 0. The highest BCUT2D eigenvalue weighted by Crippen LogP contribution is 2.24. The van der Waals surface area contributed by atoms with Crippen LogP contribution in [0.2, 0.25) is 4.34 Å². The Bertz CT molecular complexity index is 523. The van der Waals surface area contributed by atoms with Gasteiger partial charge in [-0.05, 0) is 12.1 Å². The number of rotatable bonds is 6. The monoisotopic (exact) mass is 299 g/mol. The van der Waals surface area contributed by atoms with Gasteiger partial charge in [-0.2, -0.15) is 4.98 Å². The largest absolute Gasteiger partial charge is 0.432 e. The van der Waals surface area contributed by atoms with E-state index < -0.39 is 0 Å². The van der Waals surface area contributed by atoms with Crippen molar-refractivity contribution in [3.63, 3.8) is 0 Å². The van der Waals surface area contributed by atoms with E-state index in [1.165, 1.54) is 4.88 Å². The van der Waals surface area contributed by atoms with Crippen molar-refractivity contribution in [3.8, 4) is 0 Å². The second kappa shape index (κ2) is 6.41. The third-order valence-electron chi connectivity index (χ3n) is 2.58. The third kappa shape index (κ3) is 4.23. The first-order chi connectivity index (χ1) is 9.04. The Balaban J connectivity index is 1.94. The molecule has 104 valence electrons. The van der Waals surface area contributed by atoms with E-state index in [4.69, 9.17) is 16.0 Å². The van der Waals surface area contributed by atoms with Gasteiger partial charge in [0.2, 0.25) is 0 Å². The molecule has 0 saturated carbocycles. The van der Waals surface area contributed by atoms with Crippen LogP contribution in [-0.2, 0) is 13.1 Å². The van der Waals surface area contributed by atoms with Gasteiger partial charge in [-0.15, -0.1) is 11.3 Å². The molecular formula is C13H18ClN3OS. The number of nitrogens with one attached hydrogen (secondary N) is 1. The van der Waals surface area contributed by atoms with Crippen LogP contribution in [-0.4, -0.2) is 18.1 Å². The lowest BCUT2D eigenvalue weighted by Crippen LogP contribution is -2.22. The summed E-state index contributed by atoms with van der Waals surface area (Å²) >= 11 is 7.49. The molecule has 0 aromatic carbocycles. The van der Waals surface area contributed by atoms with Gasteiger partial charge in [0, 0.05) is 24.5 Å². The average Bonchev–Trinajstić information content (AvgIpc) is 2.95. The highest BCUT2D eigenvalue weighted by atomic mass is 35.5. The van der Waals surface area contributed by atoms with Crippen LogP contribution < -0.4 is 10.2 Å². The molecule has 1 N–H and O–H groups in total. The summed E-state index contributed by atoms with van der Waals surface area (Å²) < 4.78 is 6.29. The Morgan fingerprint density at radius 2 is 2.26 bits per heavy atom. The molecule has 0 fully saturated rings. The van der Waals surface area contributed by atoms with E-state index in [-0.39, 0.29) is 0 Å². The smallest absolute Gasteiger partial charge is 0.297 e. The summed E-state index contributed by atoms with van der Waals surface area (Å²) in [7, 11) is 1.96. The maximum absolute atomic E-state index is 5.92. The molecular weight excluding hydrogens is 282 g/mol. The fraction of sp³-hybridized carbons (Fsp3) is 0.462. The molecule has 19 heavy (non-hydrogen) atoms. The SMILES string of the molecule is CC(C)NCc1coc(N(C)Cc2ccc(Cl)s2)n1. The van der Waals surface area contributed by atoms with Gasteiger partial charge in [-0.3, -0.25) is 0 Å². The summed E-state index contributed by atoms with van der Waals surface area (Å²) in [6.07, 6.45) is 1.70. The van der Waals surface area contributed by atoms with Crippen molar-refractivity contribution < 1.29 is 4.42 Å². The molecule has 0 aliphatic carbocycles. The van der Waals surface area contributed by atoms with E-state index in [0.29, 0.717) is 12.1 Å². The van der Waals surface area contributed by atoms with Crippen molar-refractivity contribution in [1.29, 1.82) is 0 Å². The fourth-order valence-corrected chi connectivity index (χ4v) is 2.74. The van der Waals surface area contributed by atoms with E-state index in [1.54, 1.807) is 17.6 Å². The minimum absolute atomic E-state index is 0.436. The summed E-state index contributed by atoms with van der Waals surface area (Å²) in [5.41, 5.74) is 0.916. The Kier molecular flexibility index (Phi) is 4.85. The molecule has 0 unspecified atom stereocenters. The summed E-state index contributed by atoms with van der Waals surface area (Å²) in [6.45, 7) is 5.68. The zero-order chi connectivity index (χ0) is 13.8. The van der Waals surface area contributed by atoms with E-state index in [9.17, 15) is 0 Å². The number of hydrogen-bond acceptors (Lipinski definition) is 5. The summed E-state index contributed by atoms with van der Waals surface area (Å²) in [4.78, 5) is 7.61. The molecule has 4 nitrogen and oxygen atoms in total. The topological polar surface area (TPSA) is 41.3 Å². The van der Waals surface area contributed by atoms with E-state index in [1.807, 2.05) is 24.1 Å². The lowest BCUT2D eigenvalue weighted by atomic mass is 10.4. The van der Waals surface area contributed by atoms with Crippen LogP contribution in [0.3, 0.4) is 0 Å². The zero-order valence-electron chi connectivity index (χ0n) is 11.3. The first kappa shape index (κ1) is 14.4. The molecule has 0 aliphatic rings.